The Bertz CT molecular complexity index is 2750. The van der Waals surface area contributed by atoms with Crippen LogP contribution in [-0.2, 0) is 5.41 Å². The minimum Gasteiger partial charge on any atom is -0.310 e. The van der Waals surface area contributed by atoms with Gasteiger partial charge in [-0.15, -0.1) is 11.3 Å². The van der Waals surface area contributed by atoms with E-state index in [0.717, 1.165) is 11.4 Å². The van der Waals surface area contributed by atoms with E-state index < -0.39 is 0 Å². The van der Waals surface area contributed by atoms with E-state index in [-0.39, 0.29) is 5.41 Å². The molecule has 242 valence electrons. The van der Waals surface area contributed by atoms with Gasteiger partial charge in [-0.25, -0.2) is 0 Å². The van der Waals surface area contributed by atoms with Gasteiger partial charge in [0.1, 0.15) is 0 Å². The fourth-order valence-electron chi connectivity index (χ4n) is 8.38. The number of benzene rings is 8. The molecule has 51 heavy (non-hydrogen) atoms. The Morgan fingerprint density at radius 1 is 0.451 bits per heavy atom. The summed E-state index contributed by atoms with van der Waals surface area (Å²) in [5.74, 6) is 0. The van der Waals surface area contributed by atoms with Crippen molar-refractivity contribution >= 4 is 59.3 Å². The van der Waals surface area contributed by atoms with Crippen LogP contribution in [0.3, 0.4) is 0 Å². The highest BCUT2D eigenvalue weighted by atomic mass is 32.1. The van der Waals surface area contributed by atoms with E-state index in [1.54, 1.807) is 0 Å². The molecule has 0 spiro atoms. The Balaban J connectivity index is 1.16. The molecule has 1 heterocycles. The Morgan fingerprint density at radius 2 is 1.02 bits per heavy atom. The molecule has 10 rings (SSSR count). The van der Waals surface area contributed by atoms with E-state index in [1.807, 2.05) is 11.3 Å². The normalized spacial score (nSPS) is 13.1. The second-order valence-electron chi connectivity index (χ2n) is 14.1. The monoisotopic (exact) mass is 669 g/mol. The average Bonchev–Trinajstić information content (AvgIpc) is 3.68. The van der Waals surface area contributed by atoms with Gasteiger partial charge in [0.05, 0.1) is 5.69 Å². The van der Waals surface area contributed by atoms with Crippen molar-refractivity contribution in [2.45, 2.75) is 19.3 Å². The van der Waals surface area contributed by atoms with Crippen molar-refractivity contribution < 1.29 is 0 Å². The first kappa shape index (κ1) is 29.9. The smallest absolute Gasteiger partial charge is 0.0549 e. The number of hydrogen-bond acceptors (Lipinski definition) is 2. The molecule has 2 heteroatoms. The molecule has 1 aromatic heterocycles. The van der Waals surface area contributed by atoms with E-state index in [4.69, 9.17) is 0 Å². The standard InChI is InChI=1S/C49H35NS/c1-49(2)43-18-10-8-17-42(43)47-44(30-36-14-6-7-15-39(36)48(47)49)50(37-25-20-33(21-26-37)32-12-4-3-5-13-32)38-27-22-34(23-28-38)35-24-29-41-40-16-9-11-19-45(40)51-46(41)31-35/h3-31H,1-2H3. The summed E-state index contributed by atoms with van der Waals surface area (Å²) >= 11 is 1.87. The third kappa shape index (κ3) is 4.75. The average molecular weight is 670 g/mol. The lowest BCUT2D eigenvalue weighted by Gasteiger charge is -2.30. The molecule has 0 bridgehead atoms. The molecule has 0 aliphatic heterocycles. The van der Waals surface area contributed by atoms with Gasteiger partial charge in [-0.05, 0) is 92.2 Å². The van der Waals surface area contributed by atoms with Gasteiger partial charge in [0.2, 0.25) is 0 Å². The van der Waals surface area contributed by atoms with Gasteiger partial charge in [-0.3, -0.25) is 0 Å². The highest BCUT2D eigenvalue weighted by molar-refractivity contribution is 7.25. The zero-order valence-electron chi connectivity index (χ0n) is 28.6. The van der Waals surface area contributed by atoms with Gasteiger partial charge in [0, 0.05) is 42.5 Å². The van der Waals surface area contributed by atoms with Crippen molar-refractivity contribution in [3.05, 3.63) is 187 Å². The fraction of sp³-hybridized carbons (Fsp3) is 0.0612. The molecule has 0 fully saturated rings. The highest BCUT2D eigenvalue weighted by Gasteiger charge is 2.39. The lowest BCUT2D eigenvalue weighted by Crippen LogP contribution is -2.16. The maximum absolute atomic E-state index is 2.47. The van der Waals surface area contributed by atoms with E-state index in [2.05, 4.69) is 195 Å². The van der Waals surface area contributed by atoms with Gasteiger partial charge in [0.15, 0.2) is 0 Å². The van der Waals surface area contributed by atoms with Crippen molar-refractivity contribution in [2.24, 2.45) is 0 Å². The van der Waals surface area contributed by atoms with Gasteiger partial charge < -0.3 is 4.90 Å². The molecule has 0 amide bonds. The maximum atomic E-state index is 2.47. The quantitative estimate of drug-likeness (QED) is 0.176. The lowest BCUT2D eigenvalue weighted by atomic mass is 9.80. The van der Waals surface area contributed by atoms with Crippen LogP contribution in [0.4, 0.5) is 17.1 Å². The van der Waals surface area contributed by atoms with E-state index in [1.165, 1.54) is 81.1 Å². The number of fused-ring (bicyclic) bond motifs is 8. The Hall–Kier alpha value is -5.96. The van der Waals surface area contributed by atoms with E-state index in [0.29, 0.717) is 0 Å². The summed E-state index contributed by atoms with van der Waals surface area (Å²) in [6.45, 7) is 4.77. The zero-order valence-corrected chi connectivity index (χ0v) is 29.4. The van der Waals surface area contributed by atoms with Crippen LogP contribution in [0.15, 0.2) is 176 Å². The van der Waals surface area contributed by atoms with Crippen LogP contribution >= 0.6 is 11.3 Å². The van der Waals surface area contributed by atoms with Crippen molar-refractivity contribution in [2.75, 3.05) is 4.90 Å². The molecule has 9 aromatic rings. The Labute approximate surface area is 302 Å². The maximum Gasteiger partial charge on any atom is 0.0549 e. The van der Waals surface area contributed by atoms with Crippen LogP contribution < -0.4 is 4.90 Å². The number of rotatable bonds is 5. The topological polar surface area (TPSA) is 3.24 Å². The predicted octanol–water partition coefficient (Wildman–Crippen LogP) is 14.3. The molecule has 0 N–H and O–H groups in total. The molecule has 0 saturated carbocycles. The van der Waals surface area contributed by atoms with Crippen molar-refractivity contribution in [1.29, 1.82) is 0 Å². The van der Waals surface area contributed by atoms with Crippen molar-refractivity contribution in [1.82, 2.24) is 0 Å². The third-order valence-electron chi connectivity index (χ3n) is 10.8. The summed E-state index contributed by atoms with van der Waals surface area (Å²) in [6.07, 6.45) is 0. The first-order chi connectivity index (χ1) is 25.0. The lowest BCUT2D eigenvalue weighted by molar-refractivity contribution is 0.666. The van der Waals surface area contributed by atoms with Crippen LogP contribution in [0, 0.1) is 0 Å². The summed E-state index contributed by atoms with van der Waals surface area (Å²) in [7, 11) is 0. The summed E-state index contributed by atoms with van der Waals surface area (Å²) in [4.78, 5) is 2.47. The van der Waals surface area contributed by atoms with Crippen molar-refractivity contribution in [3.8, 4) is 33.4 Å². The summed E-state index contributed by atoms with van der Waals surface area (Å²) in [5.41, 5.74) is 13.6. The first-order valence-electron chi connectivity index (χ1n) is 17.7. The third-order valence-corrected chi connectivity index (χ3v) is 12.0. The Morgan fingerprint density at radius 3 is 1.78 bits per heavy atom. The fourth-order valence-corrected chi connectivity index (χ4v) is 9.53. The molecule has 1 nitrogen and oxygen atoms in total. The SMILES string of the molecule is CC1(C)c2ccccc2-c2c(N(c3ccc(-c4ccccc4)cc3)c3ccc(-c4ccc5c(c4)sc4ccccc45)cc3)cc3ccccc3c21. The first-order valence-corrected chi connectivity index (χ1v) is 18.5. The minimum atomic E-state index is -0.139. The summed E-state index contributed by atoms with van der Waals surface area (Å²) in [5, 5.41) is 5.24. The van der Waals surface area contributed by atoms with Gasteiger partial charge in [0.25, 0.3) is 0 Å². The van der Waals surface area contributed by atoms with E-state index in [9.17, 15) is 0 Å². The molecular weight excluding hydrogens is 635 g/mol. The molecule has 1 aliphatic carbocycles. The largest absolute Gasteiger partial charge is 0.310 e. The number of nitrogens with zero attached hydrogens (tertiary/aromatic N) is 1. The van der Waals surface area contributed by atoms with Crippen LogP contribution in [0.1, 0.15) is 25.0 Å². The molecular formula is C49H35NS. The predicted molar refractivity (Wildman–Crippen MR) is 220 cm³/mol. The van der Waals surface area contributed by atoms with Crippen molar-refractivity contribution in [3.63, 3.8) is 0 Å². The molecule has 0 saturated heterocycles. The van der Waals surface area contributed by atoms with Gasteiger partial charge in [-0.2, -0.15) is 0 Å². The second-order valence-corrected chi connectivity index (χ2v) is 15.2. The van der Waals surface area contributed by atoms with Crippen LogP contribution in [-0.4, -0.2) is 0 Å². The molecule has 0 atom stereocenters. The molecule has 8 aromatic carbocycles. The minimum absolute atomic E-state index is 0.139. The Kier molecular flexibility index (Phi) is 6.78. The van der Waals surface area contributed by atoms with Gasteiger partial charge in [-0.1, -0.05) is 147 Å². The summed E-state index contributed by atoms with van der Waals surface area (Å²) < 4.78 is 2.66. The van der Waals surface area contributed by atoms with E-state index >= 15 is 0 Å². The molecule has 1 aliphatic rings. The zero-order chi connectivity index (χ0) is 34.1. The van der Waals surface area contributed by atoms with Crippen LogP contribution in [0.25, 0.3) is 64.3 Å². The van der Waals surface area contributed by atoms with Gasteiger partial charge >= 0.3 is 0 Å². The van der Waals surface area contributed by atoms with Crippen LogP contribution in [0.5, 0.6) is 0 Å². The second kappa shape index (κ2) is 11.6. The highest BCUT2D eigenvalue weighted by Crippen LogP contribution is 2.56. The number of anilines is 3. The summed E-state index contributed by atoms with van der Waals surface area (Å²) in [6, 6.07) is 64.8. The van der Waals surface area contributed by atoms with Crippen LogP contribution in [0.2, 0.25) is 0 Å². The number of hydrogen-bond donors (Lipinski definition) is 0. The number of thiophene rings is 1. The molecule has 0 unspecified atom stereocenters. The molecule has 0 radical (unpaired) electrons.